The molecule has 0 amide bonds. The molecule has 1 aliphatic heterocycles. The van der Waals surface area contributed by atoms with Gasteiger partial charge in [0.15, 0.2) is 0 Å². The lowest BCUT2D eigenvalue weighted by Gasteiger charge is -2.21. The van der Waals surface area contributed by atoms with Crippen molar-refractivity contribution in [1.82, 2.24) is 0 Å². The van der Waals surface area contributed by atoms with Crippen LogP contribution in [0.15, 0.2) is 23.1 Å². The van der Waals surface area contributed by atoms with Crippen LogP contribution in [0.1, 0.15) is 17.9 Å². The minimum atomic E-state index is -0.808. The molecule has 3 nitrogen and oxygen atoms in total. The third-order valence-corrected chi connectivity index (χ3v) is 3.45. The molecule has 1 heterocycles. The summed E-state index contributed by atoms with van der Waals surface area (Å²) in [6.07, 6.45) is 0.635. The van der Waals surface area contributed by atoms with Crippen LogP contribution >= 0.6 is 11.8 Å². The quantitative estimate of drug-likeness (QED) is 0.744. The SMILES string of the molecule is O=C(O)C1CCSc2ccc(O)cc21. The van der Waals surface area contributed by atoms with Crippen molar-refractivity contribution in [2.45, 2.75) is 17.2 Å². The van der Waals surface area contributed by atoms with Crippen molar-refractivity contribution >= 4 is 17.7 Å². The van der Waals surface area contributed by atoms with Gasteiger partial charge in [-0.3, -0.25) is 4.79 Å². The van der Waals surface area contributed by atoms with Crippen molar-refractivity contribution < 1.29 is 15.0 Å². The first-order valence-electron chi connectivity index (χ1n) is 4.37. The molecular weight excluding hydrogens is 200 g/mol. The number of carboxylic acid groups (broad SMARTS) is 1. The number of benzene rings is 1. The summed E-state index contributed by atoms with van der Waals surface area (Å²) in [5.74, 6) is -0.303. The van der Waals surface area contributed by atoms with E-state index in [0.717, 1.165) is 16.2 Å². The van der Waals surface area contributed by atoms with Gasteiger partial charge in [0.25, 0.3) is 0 Å². The first-order chi connectivity index (χ1) is 6.68. The summed E-state index contributed by atoms with van der Waals surface area (Å²) in [6, 6.07) is 4.93. The van der Waals surface area contributed by atoms with Gasteiger partial charge >= 0.3 is 5.97 Å². The molecule has 1 aromatic rings. The summed E-state index contributed by atoms with van der Waals surface area (Å²) in [6.45, 7) is 0. The van der Waals surface area contributed by atoms with E-state index in [1.807, 2.05) is 0 Å². The van der Waals surface area contributed by atoms with Gasteiger partial charge in [0, 0.05) is 4.90 Å². The van der Waals surface area contributed by atoms with E-state index in [9.17, 15) is 9.90 Å². The molecule has 2 N–H and O–H groups in total. The summed E-state index contributed by atoms with van der Waals surface area (Å²) in [4.78, 5) is 11.9. The number of phenols is 1. The van der Waals surface area contributed by atoms with Crippen LogP contribution in [0, 0.1) is 0 Å². The van der Waals surface area contributed by atoms with Crippen molar-refractivity contribution in [3.05, 3.63) is 23.8 Å². The van der Waals surface area contributed by atoms with E-state index >= 15 is 0 Å². The van der Waals surface area contributed by atoms with Crippen molar-refractivity contribution in [2.24, 2.45) is 0 Å². The van der Waals surface area contributed by atoms with Gasteiger partial charge in [-0.15, -0.1) is 11.8 Å². The molecule has 74 valence electrons. The van der Waals surface area contributed by atoms with E-state index in [2.05, 4.69) is 0 Å². The van der Waals surface area contributed by atoms with Crippen molar-refractivity contribution in [1.29, 1.82) is 0 Å². The van der Waals surface area contributed by atoms with Crippen molar-refractivity contribution in [2.75, 3.05) is 5.75 Å². The van der Waals surface area contributed by atoms with E-state index in [1.165, 1.54) is 0 Å². The first kappa shape index (κ1) is 9.40. The highest BCUT2D eigenvalue weighted by atomic mass is 32.2. The third-order valence-electron chi connectivity index (χ3n) is 2.33. The normalized spacial score (nSPS) is 20.1. The molecule has 1 atom stereocenters. The van der Waals surface area contributed by atoms with E-state index in [0.29, 0.717) is 6.42 Å². The standard InChI is InChI=1S/C10H10O3S/c11-6-1-2-9-8(5-6)7(10(12)13)3-4-14-9/h1-2,5,7,11H,3-4H2,(H,12,13). The second-order valence-corrected chi connectivity index (χ2v) is 4.39. The van der Waals surface area contributed by atoms with Crippen molar-refractivity contribution in [3.8, 4) is 5.75 Å². The molecule has 0 saturated carbocycles. The molecule has 1 unspecified atom stereocenters. The zero-order valence-corrected chi connectivity index (χ0v) is 8.25. The number of aliphatic carboxylic acids is 1. The number of hydrogen-bond acceptors (Lipinski definition) is 3. The maximum absolute atomic E-state index is 10.9. The van der Waals surface area contributed by atoms with Crippen LogP contribution < -0.4 is 0 Å². The fourth-order valence-corrected chi connectivity index (χ4v) is 2.74. The van der Waals surface area contributed by atoms with Gasteiger partial charge in [-0.2, -0.15) is 0 Å². The van der Waals surface area contributed by atoms with Crippen molar-refractivity contribution in [3.63, 3.8) is 0 Å². The number of fused-ring (bicyclic) bond motifs is 1. The number of carbonyl (C=O) groups is 1. The van der Waals surface area contributed by atoms with E-state index < -0.39 is 11.9 Å². The number of rotatable bonds is 1. The summed E-state index contributed by atoms with van der Waals surface area (Å²) in [5, 5.41) is 18.3. The minimum Gasteiger partial charge on any atom is -0.508 e. The highest BCUT2D eigenvalue weighted by molar-refractivity contribution is 7.99. The third kappa shape index (κ3) is 1.57. The molecule has 2 rings (SSSR count). The summed E-state index contributed by atoms with van der Waals surface area (Å²) < 4.78 is 0. The molecule has 14 heavy (non-hydrogen) atoms. The molecular formula is C10H10O3S. The zero-order chi connectivity index (χ0) is 10.1. The van der Waals surface area contributed by atoms with Crippen LogP contribution in [0.5, 0.6) is 5.75 Å². The summed E-state index contributed by atoms with van der Waals surface area (Å²) in [5.41, 5.74) is 0.744. The Morgan fingerprint density at radius 1 is 1.50 bits per heavy atom. The predicted molar refractivity (Wildman–Crippen MR) is 53.8 cm³/mol. The molecule has 0 aromatic heterocycles. The van der Waals surface area contributed by atoms with Gasteiger partial charge in [-0.1, -0.05) is 0 Å². The zero-order valence-electron chi connectivity index (χ0n) is 7.43. The van der Waals surface area contributed by atoms with Gasteiger partial charge < -0.3 is 10.2 Å². The number of hydrogen-bond donors (Lipinski definition) is 2. The van der Waals surface area contributed by atoms with E-state index in [-0.39, 0.29) is 5.75 Å². The van der Waals surface area contributed by atoms with Crippen LogP contribution in [0.2, 0.25) is 0 Å². The second-order valence-electron chi connectivity index (χ2n) is 3.25. The average molecular weight is 210 g/mol. The summed E-state index contributed by atoms with van der Waals surface area (Å²) in [7, 11) is 0. The Kier molecular flexibility index (Phi) is 2.37. The predicted octanol–water partition coefficient (Wildman–Crippen LogP) is 2.06. The Morgan fingerprint density at radius 2 is 2.29 bits per heavy atom. The molecule has 1 aliphatic rings. The Bertz CT molecular complexity index is 376. The lowest BCUT2D eigenvalue weighted by atomic mass is 9.96. The number of thioether (sulfide) groups is 1. The number of phenolic OH excluding ortho intramolecular Hbond substituents is 1. The molecule has 0 bridgehead atoms. The van der Waals surface area contributed by atoms with Crippen LogP contribution in [-0.4, -0.2) is 21.9 Å². The van der Waals surface area contributed by atoms with Crippen LogP contribution in [-0.2, 0) is 4.79 Å². The molecule has 0 fully saturated rings. The van der Waals surface area contributed by atoms with Crippen LogP contribution in [0.25, 0.3) is 0 Å². The molecule has 0 radical (unpaired) electrons. The van der Waals surface area contributed by atoms with Gasteiger partial charge in [0.2, 0.25) is 0 Å². The second kappa shape index (κ2) is 3.53. The maximum atomic E-state index is 10.9. The summed E-state index contributed by atoms with van der Waals surface area (Å²) >= 11 is 1.64. The number of carboxylic acids is 1. The molecule has 0 spiro atoms. The smallest absolute Gasteiger partial charge is 0.311 e. The van der Waals surface area contributed by atoms with Gasteiger partial charge in [0.1, 0.15) is 5.75 Å². The lowest BCUT2D eigenvalue weighted by Crippen LogP contribution is -2.16. The Balaban J connectivity index is 2.46. The van der Waals surface area contributed by atoms with Crippen LogP contribution in [0.4, 0.5) is 0 Å². The fraction of sp³-hybridized carbons (Fsp3) is 0.300. The van der Waals surface area contributed by atoms with Crippen LogP contribution in [0.3, 0.4) is 0 Å². The Morgan fingerprint density at radius 3 is 3.00 bits per heavy atom. The molecule has 4 heteroatoms. The Hall–Kier alpha value is -1.16. The largest absolute Gasteiger partial charge is 0.508 e. The topological polar surface area (TPSA) is 57.5 Å². The average Bonchev–Trinajstić information content (AvgIpc) is 2.16. The van der Waals surface area contributed by atoms with Gasteiger partial charge in [0.05, 0.1) is 5.92 Å². The minimum absolute atomic E-state index is 0.137. The number of aromatic hydroxyl groups is 1. The van der Waals surface area contributed by atoms with E-state index in [1.54, 1.807) is 30.0 Å². The Labute approximate surface area is 85.8 Å². The molecule has 0 aliphatic carbocycles. The first-order valence-corrected chi connectivity index (χ1v) is 5.35. The monoisotopic (exact) mass is 210 g/mol. The lowest BCUT2D eigenvalue weighted by molar-refractivity contribution is -0.138. The van der Waals surface area contributed by atoms with Gasteiger partial charge in [-0.05, 0) is 35.9 Å². The highest BCUT2D eigenvalue weighted by Crippen LogP contribution is 2.39. The van der Waals surface area contributed by atoms with E-state index in [4.69, 9.17) is 5.11 Å². The molecule has 0 saturated heterocycles. The maximum Gasteiger partial charge on any atom is 0.311 e. The highest BCUT2D eigenvalue weighted by Gasteiger charge is 2.26. The molecule has 1 aromatic carbocycles. The van der Waals surface area contributed by atoms with Gasteiger partial charge in [-0.25, -0.2) is 0 Å². The fourth-order valence-electron chi connectivity index (χ4n) is 1.64.